The van der Waals surface area contributed by atoms with E-state index in [0.717, 1.165) is 35.1 Å². The molecule has 0 radical (unpaired) electrons. The Morgan fingerprint density at radius 1 is 0.885 bits per heavy atom. The second kappa shape index (κ2) is 7.18. The summed E-state index contributed by atoms with van der Waals surface area (Å²) in [7, 11) is 0. The molecule has 1 heterocycles. The summed E-state index contributed by atoms with van der Waals surface area (Å²) in [6.45, 7) is 0.249. The van der Waals surface area contributed by atoms with Gasteiger partial charge < -0.3 is 9.15 Å². The maximum absolute atomic E-state index is 12.1. The lowest BCUT2D eigenvalue weighted by Crippen LogP contribution is -2.05. The molecule has 0 saturated heterocycles. The fraction of sp³-hybridized carbons (Fsp3) is 0.0500. The lowest BCUT2D eigenvalue weighted by Gasteiger charge is -2.12. The summed E-state index contributed by atoms with van der Waals surface area (Å²) in [6, 6.07) is 17.1. The van der Waals surface area contributed by atoms with E-state index in [1.165, 1.54) is 6.07 Å². The lowest BCUT2D eigenvalue weighted by molar-refractivity contribution is 0.302. The molecule has 0 unspecified atom stereocenters. The van der Waals surface area contributed by atoms with Gasteiger partial charge in [-0.05, 0) is 49.4 Å². The molecule has 0 aliphatic carbocycles. The minimum absolute atomic E-state index is 0.249. The van der Waals surface area contributed by atoms with Crippen molar-refractivity contribution in [1.82, 2.24) is 0 Å². The first-order valence-electron chi connectivity index (χ1n) is 7.75. The number of benzene rings is 3. The third-order valence-electron chi connectivity index (χ3n) is 4.06. The van der Waals surface area contributed by atoms with Crippen LogP contribution in [0.2, 0.25) is 0 Å². The van der Waals surface area contributed by atoms with E-state index in [0.29, 0.717) is 11.3 Å². The van der Waals surface area contributed by atoms with Gasteiger partial charge in [0.25, 0.3) is 0 Å². The molecule has 0 fully saturated rings. The van der Waals surface area contributed by atoms with Crippen molar-refractivity contribution >= 4 is 69.5 Å². The molecule has 0 amide bonds. The van der Waals surface area contributed by atoms with Crippen LogP contribution < -0.4 is 10.4 Å². The molecule has 3 aromatic carbocycles. The van der Waals surface area contributed by atoms with E-state index >= 15 is 0 Å². The molecular weight excluding hydrogens is 528 g/mol. The summed E-state index contributed by atoms with van der Waals surface area (Å²) in [5.74, 6) is 0.676. The minimum atomic E-state index is -0.388. The Bertz CT molecular complexity index is 1170. The van der Waals surface area contributed by atoms with Crippen molar-refractivity contribution in [3.8, 4) is 5.75 Å². The van der Waals surface area contributed by atoms with Gasteiger partial charge in [-0.25, -0.2) is 4.79 Å². The van der Waals surface area contributed by atoms with Crippen LogP contribution in [0, 0.1) is 0 Å². The van der Waals surface area contributed by atoms with Gasteiger partial charge in [-0.1, -0.05) is 52.3 Å². The first-order valence-corrected chi connectivity index (χ1v) is 10.1. The maximum Gasteiger partial charge on any atom is 0.336 e. The van der Waals surface area contributed by atoms with Gasteiger partial charge >= 0.3 is 5.63 Å². The van der Waals surface area contributed by atoms with E-state index in [9.17, 15) is 4.79 Å². The zero-order valence-corrected chi connectivity index (χ0v) is 18.0. The largest absolute Gasteiger partial charge is 0.487 e. The van der Waals surface area contributed by atoms with Gasteiger partial charge in [0.15, 0.2) is 0 Å². The van der Waals surface area contributed by atoms with E-state index < -0.39 is 0 Å². The SMILES string of the molecule is O=c1cc(COc2c(Br)cc(Br)cc2Br)c2ccc3ccccc3c2o1. The predicted molar refractivity (Wildman–Crippen MR) is 114 cm³/mol. The van der Waals surface area contributed by atoms with Crippen molar-refractivity contribution in [3.05, 3.63) is 84.0 Å². The van der Waals surface area contributed by atoms with Crippen LogP contribution in [0.5, 0.6) is 5.75 Å². The van der Waals surface area contributed by atoms with Crippen molar-refractivity contribution in [3.63, 3.8) is 0 Å². The fourth-order valence-electron chi connectivity index (χ4n) is 2.89. The molecule has 0 bridgehead atoms. The number of hydrogen-bond donors (Lipinski definition) is 0. The van der Waals surface area contributed by atoms with Gasteiger partial charge in [-0.2, -0.15) is 0 Å². The third-order valence-corrected chi connectivity index (χ3v) is 5.69. The van der Waals surface area contributed by atoms with Crippen LogP contribution in [0.15, 0.2) is 77.2 Å². The third kappa shape index (κ3) is 3.33. The molecule has 0 saturated carbocycles. The number of ether oxygens (including phenoxy) is 1. The lowest BCUT2D eigenvalue weighted by atomic mass is 10.0. The van der Waals surface area contributed by atoms with Crippen LogP contribution >= 0.6 is 47.8 Å². The highest BCUT2D eigenvalue weighted by atomic mass is 79.9. The number of halogens is 3. The predicted octanol–water partition coefficient (Wildman–Crippen LogP) is 6.81. The van der Waals surface area contributed by atoms with Gasteiger partial charge in [0.2, 0.25) is 0 Å². The number of hydrogen-bond acceptors (Lipinski definition) is 3. The minimum Gasteiger partial charge on any atom is -0.487 e. The molecule has 6 heteroatoms. The summed E-state index contributed by atoms with van der Waals surface area (Å²) >= 11 is 10.4. The molecule has 3 nitrogen and oxygen atoms in total. The standard InChI is InChI=1S/C20H11Br3O3/c21-13-8-16(22)20(17(23)9-13)25-10-12-7-18(24)26-19-14-4-2-1-3-11(14)5-6-15(12)19/h1-9H,10H2. The van der Waals surface area contributed by atoms with Crippen molar-refractivity contribution in [1.29, 1.82) is 0 Å². The molecule has 0 spiro atoms. The maximum atomic E-state index is 12.1. The van der Waals surface area contributed by atoms with E-state index in [1.54, 1.807) is 0 Å². The highest BCUT2D eigenvalue weighted by Gasteiger charge is 2.12. The van der Waals surface area contributed by atoms with Crippen LogP contribution in [0.3, 0.4) is 0 Å². The average Bonchev–Trinajstić information content (AvgIpc) is 2.60. The summed E-state index contributed by atoms with van der Waals surface area (Å²) in [6.07, 6.45) is 0. The zero-order chi connectivity index (χ0) is 18.3. The second-order valence-electron chi connectivity index (χ2n) is 5.74. The second-order valence-corrected chi connectivity index (χ2v) is 8.37. The van der Waals surface area contributed by atoms with Gasteiger partial charge in [-0.3, -0.25) is 0 Å². The van der Waals surface area contributed by atoms with Gasteiger partial charge in [0.1, 0.15) is 17.9 Å². The van der Waals surface area contributed by atoms with Gasteiger partial charge in [0.05, 0.1) is 8.95 Å². The van der Waals surface area contributed by atoms with Crippen molar-refractivity contribution in [2.75, 3.05) is 0 Å². The van der Waals surface area contributed by atoms with Gasteiger partial charge in [-0.15, -0.1) is 0 Å². The quantitative estimate of drug-likeness (QED) is 0.212. The summed E-state index contributed by atoms with van der Waals surface area (Å²) in [4.78, 5) is 12.1. The van der Waals surface area contributed by atoms with Crippen LogP contribution in [0.4, 0.5) is 0 Å². The number of fused-ring (bicyclic) bond motifs is 3. The summed E-state index contributed by atoms with van der Waals surface area (Å²) in [5, 5.41) is 2.81. The van der Waals surface area contributed by atoms with E-state index in [2.05, 4.69) is 47.8 Å². The molecular formula is C20H11Br3O3. The van der Waals surface area contributed by atoms with Crippen LogP contribution in [-0.2, 0) is 6.61 Å². The zero-order valence-electron chi connectivity index (χ0n) is 13.3. The monoisotopic (exact) mass is 536 g/mol. The Kier molecular flexibility index (Phi) is 4.90. The molecule has 0 N–H and O–H groups in total. The van der Waals surface area contributed by atoms with Crippen molar-refractivity contribution in [2.24, 2.45) is 0 Å². The molecule has 130 valence electrons. The molecule has 4 rings (SSSR count). The number of rotatable bonds is 3. The topological polar surface area (TPSA) is 39.4 Å². The smallest absolute Gasteiger partial charge is 0.336 e. The molecule has 1 aromatic heterocycles. The Balaban J connectivity index is 1.80. The Morgan fingerprint density at radius 2 is 1.62 bits per heavy atom. The molecule has 26 heavy (non-hydrogen) atoms. The highest BCUT2D eigenvalue weighted by Crippen LogP contribution is 2.37. The van der Waals surface area contributed by atoms with Crippen LogP contribution in [0.1, 0.15) is 5.56 Å². The van der Waals surface area contributed by atoms with Gasteiger partial charge in [0, 0.05) is 26.9 Å². The fourth-order valence-corrected chi connectivity index (χ4v) is 5.38. The molecule has 0 atom stereocenters. The average molecular weight is 539 g/mol. The van der Waals surface area contributed by atoms with E-state index in [1.807, 2.05) is 48.5 Å². The van der Waals surface area contributed by atoms with Crippen molar-refractivity contribution in [2.45, 2.75) is 6.61 Å². The first kappa shape index (κ1) is 17.8. The molecule has 0 aliphatic heterocycles. The Hall–Kier alpha value is -1.63. The van der Waals surface area contributed by atoms with Crippen LogP contribution in [-0.4, -0.2) is 0 Å². The Labute approximate surface area is 174 Å². The summed E-state index contributed by atoms with van der Waals surface area (Å²) in [5.41, 5.74) is 0.980. The van der Waals surface area contributed by atoms with Crippen molar-refractivity contribution < 1.29 is 9.15 Å². The summed E-state index contributed by atoms with van der Waals surface area (Å²) < 4.78 is 14.0. The molecule has 0 aliphatic rings. The first-order chi connectivity index (χ1) is 12.5. The van der Waals surface area contributed by atoms with Crippen LogP contribution in [0.25, 0.3) is 21.7 Å². The van der Waals surface area contributed by atoms with E-state index in [4.69, 9.17) is 9.15 Å². The normalized spacial score (nSPS) is 11.2. The highest BCUT2D eigenvalue weighted by molar-refractivity contribution is 9.11. The molecule has 4 aromatic rings. The Morgan fingerprint density at radius 3 is 2.38 bits per heavy atom. The van der Waals surface area contributed by atoms with E-state index in [-0.39, 0.29) is 12.2 Å².